The number of hydrogen-bond donors (Lipinski definition) is 1. The maximum absolute atomic E-state index is 12.1. The average molecular weight is 251 g/mol. The van der Waals surface area contributed by atoms with Crippen LogP contribution in [0.15, 0.2) is 0 Å². The van der Waals surface area contributed by atoms with Crippen molar-refractivity contribution < 1.29 is 14.7 Å². The van der Waals surface area contributed by atoms with Gasteiger partial charge in [-0.05, 0) is 37.5 Å². The number of carbonyl (C=O) groups excluding carboxylic acids is 1. The molecule has 1 saturated heterocycles. The van der Waals surface area contributed by atoms with Gasteiger partial charge in [0.15, 0.2) is 0 Å². The Balaban J connectivity index is 1.54. The summed E-state index contributed by atoms with van der Waals surface area (Å²) >= 11 is 0. The second kappa shape index (κ2) is 4.25. The molecule has 1 heterocycles. The molecular weight excluding hydrogens is 230 g/mol. The highest BCUT2D eigenvalue weighted by Crippen LogP contribution is 2.47. The maximum atomic E-state index is 12.1. The maximum Gasteiger partial charge on any atom is 0.307 e. The van der Waals surface area contributed by atoms with Crippen molar-refractivity contribution in [1.29, 1.82) is 0 Å². The molecule has 1 aliphatic heterocycles. The summed E-state index contributed by atoms with van der Waals surface area (Å²) in [6.07, 6.45) is 8.16. The first-order chi connectivity index (χ1) is 8.61. The van der Waals surface area contributed by atoms with E-state index in [0.717, 1.165) is 25.9 Å². The fourth-order valence-corrected chi connectivity index (χ4v) is 3.80. The Labute approximate surface area is 107 Å². The lowest BCUT2D eigenvalue weighted by Crippen LogP contribution is -2.43. The van der Waals surface area contributed by atoms with Gasteiger partial charge in [-0.2, -0.15) is 0 Å². The summed E-state index contributed by atoms with van der Waals surface area (Å²) in [5, 5.41) is 8.87. The molecule has 2 saturated carbocycles. The molecule has 0 aromatic carbocycles. The predicted molar refractivity (Wildman–Crippen MR) is 65.9 cm³/mol. The fraction of sp³-hybridized carbons (Fsp3) is 0.857. The third-order valence-corrected chi connectivity index (χ3v) is 5.22. The number of piperidine rings is 1. The highest BCUT2D eigenvalue weighted by atomic mass is 16.4. The summed E-state index contributed by atoms with van der Waals surface area (Å²) in [6.45, 7) is 1.70. The number of nitrogens with zero attached hydrogens (tertiary/aromatic N) is 1. The Kier molecular flexibility index (Phi) is 2.83. The normalized spacial score (nSPS) is 33.7. The zero-order valence-electron chi connectivity index (χ0n) is 10.7. The Morgan fingerprint density at radius 2 is 1.61 bits per heavy atom. The molecule has 100 valence electrons. The monoisotopic (exact) mass is 251 g/mol. The quantitative estimate of drug-likeness (QED) is 0.815. The van der Waals surface area contributed by atoms with Gasteiger partial charge in [0, 0.05) is 13.1 Å². The number of hydrogen-bond acceptors (Lipinski definition) is 2. The molecule has 4 heteroatoms. The van der Waals surface area contributed by atoms with Crippen LogP contribution in [0, 0.1) is 17.3 Å². The molecule has 0 radical (unpaired) electrons. The number of rotatable bonds is 2. The van der Waals surface area contributed by atoms with Gasteiger partial charge >= 0.3 is 5.97 Å². The fourth-order valence-electron chi connectivity index (χ4n) is 3.80. The number of aliphatic carboxylic acids is 1. The van der Waals surface area contributed by atoms with E-state index in [9.17, 15) is 9.59 Å². The van der Waals surface area contributed by atoms with Gasteiger partial charge in [0.25, 0.3) is 0 Å². The van der Waals surface area contributed by atoms with Gasteiger partial charge in [-0.25, -0.2) is 0 Å². The Morgan fingerprint density at radius 3 is 2.11 bits per heavy atom. The van der Waals surface area contributed by atoms with Crippen LogP contribution >= 0.6 is 0 Å². The van der Waals surface area contributed by atoms with Crippen LogP contribution < -0.4 is 0 Å². The van der Waals surface area contributed by atoms with E-state index in [0.29, 0.717) is 11.8 Å². The van der Waals surface area contributed by atoms with Crippen LogP contribution in [-0.4, -0.2) is 35.0 Å². The van der Waals surface area contributed by atoms with Crippen LogP contribution in [-0.2, 0) is 9.59 Å². The van der Waals surface area contributed by atoms with Crippen molar-refractivity contribution in [2.24, 2.45) is 17.3 Å². The van der Waals surface area contributed by atoms with E-state index in [1.807, 2.05) is 4.90 Å². The van der Waals surface area contributed by atoms with Crippen molar-refractivity contribution in [2.75, 3.05) is 13.1 Å². The first-order valence-corrected chi connectivity index (χ1v) is 7.13. The lowest BCUT2D eigenvalue weighted by molar-refractivity contribution is -0.142. The molecule has 3 fully saturated rings. The summed E-state index contributed by atoms with van der Waals surface area (Å²) in [6, 6.07) is 0. The minimum atomic E-state index is -0.808. The number of carboxylic acid groups (broad SMARTS) is 1. The summed E-state index contributed by atoms with van der Waals surface area (Å²) in [5.74, 6) is -1.34. The van der Waals surface area contributed by atoms with Crippen LogP contribution in [0.25, 0.3) is 0 Å². The number of carbonyl (C=O) groups is 2. The smallest absolute Gasteiger partial charge is 0.307 e. The summed E-state index contributed by atoms with van der Waals surface area (Å²) in [5.41, 5.74) is 0.520. The van der Waals surface area contributed by atoms with Crippen molar-refractivity contribution in [3.63, 3.8) is 0 Å². The minimum absolute atomic E-state index is 0.0928. The summed E-state index contributed by atoms with van der Waals surface area (Å²) < 4.78 is 0. The third kappa shape index (κ3) is 2.02. The van der Waals surface area contributed by atoms with Gasteiger partial charge in [-0.1, -0.05) is 12.8 Å². The molecule has 3 aliphatic rings. The van der Waals surface area contributed by atoms with E-state index < -0.39 is 11.9 Å². The van der Waals surface area contributed by atoms with Crippen molar-refractivity contribution in [2.45, 2.75) is 44.9 Å². The molecule has 0 aromatic rings. The Bertz CT molecular complexity index is 363. The average Bonchev–Trinajstić information content (AvgIpc) is 3.06. The van der Waals surface area contributed by atoms with Gasteiger partial charge in [-0.15, -0.1) is 0 Å². The topological polar surface area (TPSA) is 57.6 Å². The lowest BCUT2D eigenvalue weighted by atomic mass is 9.77. The predicted octanol–water partition coefficient (Wildman–Crippen LogP) is 1.89. The third-order valence-electron chi connectivity index (χ3n) is 5.22. The first-order valence-electron chi connectivity index (χ1n) is 7.13. The second-order valence-corrected chi connectivity index (χ2v) is 6.32. The van der Waals surface area contributed by atoms with Gasteiger partial charge < -0.3 is 10.0 Å². The van der Waals surface area contributed by atoms with Gasteiger partial charge in [0.2, 0.25) is 5.91 Å². The number of amides is 1. The Morgan fingerprint density at radius 1 is 1.00 bits per heavy atom. The summed E-state index contributed by atoms with van der Waals surface area (Å²) in [7, 11) is 0. The molecule has 2 aliphatic carbocycles. The number of likely N-dealkylation sites (tertiary alicyclic amines) is 1. The lowest BCUT2D eigenvalue weighted by Gasteiger charge is -2.39. The SMILES string of the molecule is O=C(O)C1CC1C(=O)N1CCC2(CCCC2)CC1. The molecule has 4 nitrogen and oxygen atoms in total. The zero-order chi connectivity index (χ0) is 12.8. The standard InChI is InChI=1S/C14H21NO3/c16-12(10-9-11(10)13(17)18)15-7-5-14(6-8-15)3-1-2-4-14/h10-11H,1-9H2,(H,17,18). The van der Waals surface area contributed by atoms with Gasteiger partial charge in [0.05, 0.1) is 11.8 Å². The van der Waals surface area contributed by atoms with Crippen LogP contribution in [0.4, 0.5) is 0 Å². The van der Waals surface area contributed by atoms with Crippen molar-refractivity contribution in [3.05, 3.63) is 0 Å². The highest BCUT2D eigenvalue weighted by molar-refractivity contribution is 5.89. The van der Waals surface area contributed by atoms with E-state index in [4.69, 9.17) is 5.11 Å². The van der Waals surface area contributed by atoms with E-state index in [-0.39, 0.29) is 11.8 Å². The first kappa shape index (κ1) is 12.0. The molecule has 3 rings (SSSR count). The second-order valence-electron chi connectivity index (χ2n) is 6.32. The molecule has 2 unspecified atom stereocenters. The molecule has 1 N–H and O–H groups in total. The highest BCUT2D eigenvalue weighted by Gasteiger charge is 2.50. The van der Waals surface area contributed by atoms with E-state index >= 15 is 0 Å². The van der Waals surface area contributed by atoms with E-state index in [2.05, 4.69) is 0 Å². The van der Waals surface area contributed by atoms with Crippen molar-refractivity contribution in [3.8, 4) is 0 Å². The molecule has 0 bridgehead atoms. The Hall–Kier alpha value is -1.06. The minimum Gasteiger partial charge on any atom is -0.481 e. The molecule has 0 aromatic heterocycles. The molecule has 18 heavy (non-hydrogen) atoms. The zero-order valence-corrected chi connectivity index (χ0v) is 10.7. The largest absolute Gasteiger partial charge is 0.481 e. The summed E-state index contributed by atoms with van der Waals surface area (Å²) in [4.78, 5) is 24.8. The van der Waals surface area contributed by atoms with Gasteiger partial charge in [-0.3, -0.25) is 9.59 Å². The van der Waals surface area contributed by atoms with Crippen LogP contribution in [0.5, 0.6) is 0 Å². The number of carboxylic acids is 1. The van der Waals surface area contributed by atoms with Crippen LogP contribution in [0.2, 0.25) is 0 Å². The van der Waals surface area contributed by atoms with E-state index in [1.54, 1.807) is 0 Å². The molecule has 2 atom stereocenters. The van der Waals surface area contributed by atoms with Crippen LogP contribution in [0.3, 0.4) is 0 Å². The van der Waals surface area contributed by atoms with E-state index in [1.165, 1.54) is 25.7 Å². The van der Waals surface area contributed by atoms with Crippen LogP contribution in [0.1, 0.15) is 44.9 Å². The molecule has 1 amide bonds. The molecular formula is C14H21NO3. The van der Waals surface area contributed by atoms with Gasteiger partial charge in [0.1, 0.15) is 0 Å². The van der Waals surface area contributed by atoms with Crippen molar-refractivity contribution >= 4 is 11.9 Å². The van der Waals surface area contributed by atoms with Crippen molar-refractivity contribution in [1.82, 2.24) is 4.90 Å². The molecule has 1 spiro atoms.